The predicted octanol–water partition coefficient (Wildman–Crippen LogP) is 3.28. The van der Waals surface area contributed by atoms with E-state index in [-0.39, 0.29) is 30.4 Å². The van der Waals surface area contributed by atoms with E-state index in [2.05, 4.69) is 20.1 Å². The van der Waals surface area contributed by atoms with Crippen LogP contribution < -0.4 is 14.4 Å². The highest BCUT2D eigenvalue weighted by molar-refractivity contribution is 5.82. The van der Waals surface area contributed by atoms with Gasteiger partial charge in [0.1, 0.15) is 23.6 Å². The van der Waals surface area contributed by atoms with Crippen LogP contribution in [-0.2, 0) is 16.6 Å². The fraction of sp³-hybridized carbons (Fsp3) is 0.261. The van der Waals surface area contributed by atoms with Crippen molar-refractivity contribution >= 4 is 28.6 Å². The number of fused-ring (bicyclic) bond motifs is 1. The maximum Gasteiger partial charge on any atom is 0.326 e. The van der Waals surface area contributed by atoms with Gasteiger partial charge in [0.15, 0.2) is 17.2 Å². The molecule has 0 aliphatic rings. The van der Waals surface area contributed by atoms with Crippen LogP contribution in [0, 0.1) is 5.82 Å². The number of carbonyl (C=O) groups is 1. The summed E-state index contributed by atoms with van der Waals surface area (Å²) in [7, 11) is 4.61. The molecule has 0 N–H and O–H groups in total. The number of esters is 1. The molecule has 0 atom stereocenters. The Balaban J connectivity index is 1.84. The zero-order valence-electron chi connectivity index (χ0n) is 19.1. The second-order valence-corrected chi connectivity index (χ2v) is 7.22. The molecule has 10 nitrogen and oxygen atoms in total. The summed E-state index contributed by atoms with van der Waals surface area (Å²) in [4.78, 5) is 27.4. The molecule has 34 heavy (non-hydrogen) atoms. The number of pyridine rings is 1. The van der Waals surface area contributed by atoms with E-state index in [0.29, 0.717) is 22.6 Å². The number of hydrogen-bond donors (Lipinski definition) is 0. The van der Waals surface area contributed by atoms with Crippen LogP contribution in [0.25, 0.3) is 22.4 Å². The molecule has 0 aliphatic heterocycles. The molecule has 0 amide bonds. The van der Waals surface area contributed by atoms with Gasteiger partial charge in [-0.05, 0) is 19.1 Å². The molecule has 0 saturated heterocycles. The molecular formula is C23H23FN6O4. The zero-order chi connectivity index (χ0) is 24.2. The van der Waals surface area contributed by atoms with Crippen molar-refractivity contribution in [1.82, 2.24) is 24.7 Å². The summed E-state index contributed by atoms with van der Waals surface area (Å²) in [6, 6.07) is 6.21. The molecule has 11 heteroatoms. The summed E-state index contributed by atoms with van der Waals surface area (Å²) in [5.74, 6) is -0.651. The zero-order valence-corrected chi connectivity index (χ0v) is 19.1. The monoisotopic (exact) mass is 466 g/mol. The number of ether oxygens (including phenoxy) is 3. The standard InChI is InChI=1S/C23H23FN6O4/c1-5-34-21(31)13-30(18-8-15(32-3)9-19(33-4)22(18)24)20-7-6-16-23(28-20)27-17(11-25-16)14-10-26-29(2)12-14/h6-12H,5,13H2,1-4H3. The fourth-order valence-corrected chi connectivity index (χ4v) is 3.38. The smallest absolute Gasteiger partial charge is 0.326 e. The van der Waals surface area contributed by atoms with Crippen LogP contribution >= 0.6 is 0 Å². The van der Waals surface area contributed by atoms with Crippen molar-refractivity contribution in [3.05, 3.63) is 48.7 Å². The summed E-state index contributed by atoms with van der Waals surface area (Å²) >= 11 is 0. The minimum absolute atomic E-state index is 0.0347. The van der Waals surface area contributed by atoms with Crippen LogP contribution in [0.2, 0.25) is 0 Å². The van der Waals surface area contributed by atoms with Gasteiger partial charge >= 0.3 is 5.97 Å². The van der Waals surface area contributed by atoms with Gasteiger partial charge in [0.25, 0.3) is 0 Å². The first-order valence-electron chi connectivity index (χ1n) is 10.4. The number of carbonyl (C=O) groups excluding carboxylic acids is 1. The molecule has 3 aromatic heterocycles. The van der Waals surface area contributed by atoms with E-state index >= 15 is 4.39 Å². The van der Waals surface area contributed by atoms with Crippen LogP contribution in [-0.4, -0.2) is 58.1 Å². The van der Waals surface area contributed by atoms with Gasteiger partial charge in [-0.15, -0.1) is 0 Å². The maximum absolute atomic E-state index is 15.3. The van der Waals surface area contributed by atoms with Gasteiger partial charge in [-0.3, -0.25) is 14.5 Å². The number of nitrogens with zero attached hydrogens (tertiary/aromatic N) is 6. The highest BCUT2D eigenvalue weighted by Gasteiger charge is 2.23. The molecule has 1 aromatic carbocycles. The fourth-order valence-electron chi connectivity index (χ4n) is 3.38. The lowest BCUT2D eigenvalue weighted by molar-refractivity contribution is -0.141. The van der Waals surface area contributed by atoms with Crippen molar-refractivity contribution in [2.24, 2.45) is 7.05 Å². The highest BCUT2D eigenvalue weighted by atomic mass is 19.1. The van der Waals surface area contributed by atoms with Crippen LogP contribution in [0.3, 0.4) is 0 Å². The molecule has 0 bridgehead atoms. The maximum atomic E-state index is 15.3. The normalized spacial score (nSPS) is 10.9. The first kappa shape index (κ1) is 22.9. The number of hydrogen-bond acceptors (Lipinski definition) is 9. The van der Waals surface area contributed by atoms with E-state index < -0.39 is 11.8 Å². The lowest BCUT2D eigenvalue weighted by atomic mass is 10.2. The van der Waals surface area contributed by atoms with Gasteiger partial charge in [0.2, 0.25) is 0 Å². The molecule has 0 spiro atoms. The topological polar surface area (TPSA) is 104 Å². The van der Waals surface area contributed by atoms with Crippen LogP contribution in [0.5, 0.6) is 11.5 Å². The molecule has 176 valence electrons. The molecule has 0 fully saturated rings. The highest BCUT2D eigenvalue weighted by Crippen LogP contribution is 2.36. The van der Waals surface area contributed by atoms with Crippen LogP contribution in [0.4, 0.5) is 15.9 Å². The average molecular weight is 466 g/mol. The number of aromatic nitrogens is 5. The van der Waals surface area contributed by atoms with Gasteiger partial charge in [0.05, 0.1) is 44.6 Å². The second-order valence-electron chi connectivity index (χ2n) is 7.22. The summed E-state index contributed by atoms with van der Waals surface area (Å²) in [5.41, 5.74) is 2.25. The van der Waals surface area contributed by atoms with E-state index in [1.54, 1.807) is 43.2 Å². The first-order chi connectivity index (χ1) is 16.4. The third kappa shape index (κ3) is 4.58. The molecule has 4 aromatic rings. The Morgan fingerprint density at radius 2 is 1.97 bits per heavy atom. The SMILES string of the molecule is CCOC(=O)CN(c1ccc2ncc(-c3cnn(C)c3)nc2n1)c1cc(OC)cc(OC)c1F. The van der Waals surface area contributed by atoms with Gasteiger partial charge < -0.3 is 19.1 Å². The predicted molar refractivity (Wildman–Crippen MR) is 123 cm³/mol. The van der Waals surface area contributed by atoms with Crippen molar-refractivity contribution in [2.75, 3.05) is 32.3 Å². The molecule has 0 saturated carbocycles. The number of benzene rings is 1. The third-order valence-corrected chi connectivity index (χ3v) is 5.00. The van der Waals surface area contributed by atoms with Crippen molar-refractivity contribution in [3.8, 4) is 22.8 Å². The van der Waals surface area contributed by atoms with Gasteiger partial charge in [-0.25, -0.2) is 14.4 Å². The molecule has 3 heterocycles. The summed E-state index contributed by atoms with van der Waals surface area (Å²) in [6.45, 7) is 1.58. The van der Waals surface area contributed by atoms with E-state index in [1.165, 1.54) is 31.3 Å². The van der Waals surface area contributed by atoms with E-state index in [1.807, 2.05) is 6.20 Å². The quantitative estimate of drug-likeness (QED) is 0.362. The minimum atomic E-state index is -0.676. The second kappa shape index (κ2) is 9.69. The Bertz CT molecular complexity index is 1340. The number of aryl methyl sites for hydroxylation is 1. The Morgan fingerprint density at radius 3 is 2.65 bits per heavy atom. The molecule has 0 aliphatic carbocycles. The Labute approximate surface area is 194 Å². The Morgan fingerprint density at radius 1 is 1.15 bits per heavy atom. The minimum Gasteiger partial charge on any atom is -0.497 e. The number of anilines is 2. The summed E-state index contributed by atoms with van der Waals surface area (Å²) in [5, 5.41) is 4.15. The number of methoxy groups -OCH3 is 2. The largest absolute Gasteiger partial charge is 0.497 e. The lowest BCUT2D eigenvalue weighted by Crippen LogP contribution is -2.28. The summed E-state index contributed by atoms with van der Waals surface area (Å²) < 4.78 is 32.5. The van der Waals surface area contributed by atoms with Crippen LogP contribution in [0.15, 0.2) is 42.9 Å². The van der Waals surface area contributed by atoms with Crippen molar-refractivity contribution in [3.63, 3.8) is 0 Å². The third-order valence-electron chi connectivity index (χ3n) is 5.00. The van der Waals surface area contributed by atoms with Gasteiger partial charge in [-0.1, -0.05) is 0 Å². The van der Waals surface area contributed by atoms with Gasteiger partial charge in [-0.2, -0.15) is 5.10 Å². The van der Waals surface area contributed by atoms with Crippen molar-refractivity contribution in [1.29, 1.82) is 0 Å². The Kier molecular flexibility index (Phi) is 6.53. The molecule has 0 unspecified atom stereocenters. The van der Waals surface area contributed by atoms with Crippen LogP contribution in [0.1, 0.15) is 6.92 Å². The van der Waals surface area contributed by atoms with E-state index in [4.69, 9.17) is 14.2 Å². The lowest BCUT2D eigenvalue weighted by Gasteiger charge is -2.24. The average Bonchev–Trinajstić information content (AvgIpc) is 3.28. The van der Waals surface area contributed by atoms with Crippen molar-refractivity contribution in [2.45, 2.75) is 6.92 Å². The molecule has 4 rings (SSSR count). The summed E-state index contributed by atoms with van der Waals surface area (Å²) in [6.07, 6.45) is 5.11. The molecule has 0 radical (unpaired) electrons. The van der Waals surface area contributed by atoms with Crippen molar-refractivity contribution < 1.29 is 23.4 Å². The van der Waals surface area contributed by atoms with E-state index in [0.717, 1.165) is 5.56 Å². The number of halogens is 1. The van der Waals surface area contributed by atoms with Gasteiger partial charge in [0, 0.05) is 30.9 Å². The first-order valence-corrected chi connectivity index (χ1v) is 10.4. The van der Waals surface area contributed by atoms with E-state index in [9.17, 15) is 4.79 Å². The Hall–Kier alpha value is -4.28. The molecular weight excluding hydrogens is 443 g/mol. The number of rotatable bonds is 8.